The monoisotopic (exact) mass is 275 g/mol. The number of nitrogen functional groups attached to an aromatic ring is 1. The highest BCUT2D eigenvalue weighted by molar-refractivity contribution is 7.92. The fraction of sp³-hybridized carbons (Fsp3) is 0. The molecule has 0 aliphatic rings. The van der Waals surface area contributed by atoms with Crippen LogP contribution in [-0.4, -0.2) is 13.6 Å². The van der Waals surface area contributed by atoms with Crippen molar-refractivity contribution in [3.63, 3.8) is 0 Å². The molecule has 2 rings (SSSR count). The number of halogens is 2. The van der Waals surface area contributed by atoms with Crippen molar-refractivity contribution in [2.45, 2.75) is 4.90 Å². The van der Waals surface area contributed by atoms with Gasteiger partial charge in [-0.25, -0.2) is 17.2 Å². The minimum atomic E-state index is -4.44. The van der Waals surface area contributed by atoms with E-state index in [0.29, 0.717) is 12.1 Å². The van der Waals surface area contributed by atoms with E-state index in [1.165, 1.54) is 6.07 Å². The van der Waals surface area contributed by atoms with E-state index in [1.807, 2.05) is 4.72 Å². The molecule has 96 valence electrons. The van der Waals surface area contributed by atoms with Gasteiger partial charge in [0.1, 0.15) is 17.9 Å². The van der Waals surface area contributed by atoms with Gasteiger partial charge in [0.05, 0.1) is 0 Å². The second-order valence-electron chi connectivity index (χ2n) is 3.30. The van der Waals surface area contributed by atoms with E-state index in [1.54, 1.807) is 0 Å². The number of anilines is 2. The Hall–Kier alpha value is -2.16. The predicted octanol–water partition coefficient (Wildman–Crippen LogP) is 1.34. The molecule has 0 atom stereocenters. The number of rotatable bonds is 3. The number of nitrogens with one attached hydrogen (secondary N) is 1. The molecule has 0 bridgehead atoms. The maximum atomic E-state index is 13.5. The van der Waals surface area contributed by atoms with Crippen molar-refractivity contribution in [3.05, 3.63) is 36.1 Å². The van der Waals surface area contributed by atoms with Gasteiger partial charge in [0, 0.05) is 11.8 Å². The van der Waals surface area contributed by atoms with E-state index in [9.17, 15) is 17.2 Å². The second kappa shape index (κ2) is 4.26. The van der Waals surface area contributed by atoms with Crippen LogP contribution in [0.4, 0.5) is 20.3 Å². The fourth-order valence-electron chi connectivity index (χ4n) is 1.29. The summed E-state index contributed by atoms with van der Waals surface area (Å²) < 4.78 is 56.6. The van der Waals surface area contributed by atoms with E-state index in [0.717, 1.165) is 6.26 Å². The SMILES string of the molecule is Nc1cc(F)c(S(=O)(=O)Nc2ccon2)c(F)c1. The minimum Gasteiger partial charge on any atom is -0.399 e. The fourth-order valence-corrected chi connectivity index (χ4v) is 2.40. The summed E-state index contributed by atoms with van der Waals surface area (Å²) in [5, 5.41) is 3.27. The Bertz CT molecular complexity index is 647. The maximum absolute atomic E-state index is 13.5. The van der Waals surface area contributed by atoms with Gasteiger partial charge in [0.2, 0.25) is 0 Å². The Morgan fingerprint density at radius 2 is 1.89 bits per heavy atom. The number of benzene rings is 1. The quantitative estimate of drug-likeness (QED) is 0.823. The lowest BCUT2D eigenvalue weighted by Crippen LogP contribution is -2.17. The molecule has 0 amide bonds. The van der Waals surface area contributed by atoms with Gasteiger partial charge in [0.15, 0.2) is 10.7 Å². The zero-order chi connectivity index (χ0) is 13.3. The molecule has 18 heavy (non-hydrogen) atoms. The van der Waals surface area contributed by atoms with Crippen LogP contribution in [0, 0.1) is 11.6 Å². The average molecular weight is 275 g/mol. The van der Waals surface area contributed by atoms with Gasteiger partial charge in [-0.2, -0.15) is 0 Å². The average Bonchev–Trinajstić information content (AvgIpc) is 2.66. The Morgan fingerprint density at radius 3 is 2.39 bits per heavy atom. The van der Waals surface area contributed by atoms with Gasteiger partial charge >= 0.3 is 0 Å². The van der Waals surface area contributed by atoms with Crippen LogP contribution in [0.3, 0.4) is 0 Å². The first-order valence-electron chi connectivity index (χ1n) is 4.58. The molecule has 0 aliphatic carbocycles. The molecule has 0 fully saturated rings. The number of sulfonamides is 1. The molecule has 1 heterocycles. The van der Waals surface area contributed by atoms with Gasteiger partial charge in [-0.05, 0) is 12.1 Å². The first-order chi connectivity index (χ1) is 8.40. The van der Waals surface area contributed by atoms with Crippen molar-refractivity contribution in [3.8, 4) is 0 Å². The molecule has 0 saturated carbocycles. The lowest BCUT2D eigenvalue weighted by atomic mass is 10.3. The number of hydrogen-bond donors (Lipinski definition) is 2. The third-order valence-corrected chi connectivity index (χ3v) is 3.37. The first-order valence-corrected chi connectivity index (χ1v) is 6.06. The summed E-state index contributed by atoms with van der Waals surface area (Å²) in [6.07, 6.45) is 1.10. The summed E-state index contributed by atoms with van der Waals surface area (Å²) >= 11 is 0. The van der Waals surface area contributed by atoms with Crippen molar-refractivity contribution in [2.75, 3.05) is 10.5 Å². The van der Waals surface area contributed by atoms with Crippen LogP contribution in [0.5, 0.6) is 0 Å². The Morgan fingerprint density at radius 1 is 1.28 bits per heavy atom. The number of hydrogen-bond acceptors (Lipinski definition) is 5. The normalized spacial score (nSPS) is 11.4. The zero-order valence-corrected chi connectivity index (χ0v) is 9.54. The Balaban J connectivity index is 2.48. The van der Waals surface area contributed by atoms with Gasteiger partial charge in [-0.3, -0.25) is 4.72 Å². The zero-order valence-electron chi connectivity index (χ0n) is 8.72. The molecule has 0 unspecified atom stereocenters. The van der Waals surface area contributed by atoms with Crippen molar-refractivity contribution >= 4 is 21.5 Å². The summed E-state index contributed by atoms with van der Waals surface area (Å²) in [6.45, 7) is 0. The smallest absolute Gasteiger partial charge is 0.269 e. The standard InChI is InChI=1S/C9H7F2N3O3S/c10-6-3-5(12)4-7(11)9(6)18(15,16)14-8-1-2-17-13-8/h1-4H,12H2,(H,13,14). The predicted molar refractivity (Wildman–Crippen MR) is 58.1 cm³/mol. The largest absolute Gasteiger partial charge is 0.399 e. The summed E-state index contributed by atoms with van der Waals surface area (Å²) in [4.78, 5) is -1.13. The minimum absolute atomic E-state index is 0.189. The van der Waals surface area contributed by atoms with Gasteiger partial charge < -0.3 is 10.3 Å². The number of nitrogens with two attached hydrogens (primary N) is 1. The maximum Gasteiger partial charge on any atom is 0.269 e. The van der Waals surface area contributed by atoms with Crippen LogP contribution in [0.2, 0.25) is 0 Å². The Labute approximate surface area is 100 Å². The van der Waals surface area contributed by atoms with Crippen molar-refractivity contribution in [2.24, 2.45) is 0 Å². The third kappa shape index (κ3) is 2.25. The first kappa shape index (κ1) is 12.3. The Kier molecular flexibility index (Phi) is 2.91. The summed E-state index contributed by atoms with van der Waals surface area (Å²) in [6, 6.07) is 2.60. The van der Waals surface area contributed by atoms with Crippen LogP contribution in [-0.2, 0) is 10.0 Å². The van der Waals surface area contributed by atoms with Crippen LogP contribution in [0.15, 0.2) is 33.9 Å². The van der Waals surface area contributed by atoms with Crippen LogP contribution >= 0.6 is 0 Å². The highest BCUT2D eigenvalue weighted by Crippen LogP contribution is 2.23. The molecule has 3 N–H and O–H groups in total. The molecule has 0 saturated heterocycles. The lowest BCUT2D eigenvalue weighted by molar-refractivity contribution is 0.423. The highest BCUT2D eigenvalue weighted by atomic mass is 32.2. The molecular weight excluding hydrogens is 268 g/mol. The van der Waals surface area contributed by atoms with E-state index in [-0.39, 0.29) is 11.5 Å². The summed E-state index contributed by atoms with van der Waals surface area (Å²) in [7, 11) is -4.44. The number of aromatic nitrogens is 1. The molecule has 9 heteroatoms. The molecule has 0 spiro atoms. The highest BCUT2D eigenvalue weighted by Gasteiger charge is 2.25. The van der Waals surface area contributed by atoms with Crippen molar-refractivity contribution in [1.82, 2.24) is 5.16 Å². The molecule has 0 aliphatic heterocycles. The summed E-state index contributed by atoms with van der Waals surface area (Å²) in [5.74, 6) is -2.77. The van der Waals surface area contributed by atoms with Gasteiger partial charge in [-0.1, -0.05) is 5.16 Å². The second-order valence-corrected chi connectivity index (χ2v) is 4.92. The van der Waals surface area contributed by atoms with Gasteiger partial charge in [-0.15, -0.1) is 0 Å². The van der Waals surface area contributed by atoms with E-state index < -0.39 is 26.6 Å². The summed E-state index contributed by atoms with van der Waals surface area (Å²) in [5.41, 5.74) is 4.97. The van der Waals surface area contributed by atoms with Crippen LogP contribution < -0.4 is 10.5 Å². The lowest BCUT2D eigenvalue weighted by Gasteiger charge is -2.07. The van der Waals surface area contributed by atoms with E-state index in [4.69, 9.17) is 5.73 Å². The van der Waals surface area contributed by atoms with E-state index >= 15 is 0 Å². The third-order valence-electron chi connectivity index (χ3n) is 1.97. The topological polar surface area (TPSA) is 98.2 Å². The molecule has 1 aromatic carbocycles. The molecule has 1 aromatic heterocycles. The van der Waals surface area contributed by atoms with Crippen molar-refractivity contribution in [1.29, 1.82) is 0 Å². The molecular formula is C9H7F2N3O3S. The van der Waals surface area contributed by atoms with Crippen molar-refractivity contribution < 1.29 is 21.7 Å². The van der Waals surface area contributed by atoms with Gasteiger partial charge in [0.25, 0.3) is 10.0 Å². The molecule has 6 nitrogen and oxygen atoms in total. The van der Waals surface area contributed by atoms with Crippen LogP contribution in [0.1, 0.15) is 0 Å². The van der Waals surface area contributed by atoms with Crippen LogP contribution in [0.25, 0.3) is 0 Å². The number of nitrogens with zero attached hydrogens (tertiary/aromatic N) is 1. The molecule has 2 aromatic rings. The van der Waals surface area contributed by atoms with E-state index in [2.05, 4.69) is 9.68 Å². The molecule has 0 radical (unpaired) electrons.